The van der Waals surface area contributed by atoms with Crippen LogP contribution in [-0.4, -0.2) is 63.6 Å². The number of benzene rings is 5. The standard InChI is InChI=1S/C30H26N2O13S3/c1-3-16(2)30(34)45-18-6-4-17(5-7-18)14-31-32-27(33)15-44-23-12-24(46(35,36)37)20-10-11-22-26(48(41,42)43)13-25(47(38,39)40)21-9-8-19(23)28(20)29(21)22/h4-14,16H,3,15H2,1-2H3,(H,32,33)(H,35,36,37)(H,38,39,40)(H,41,42,43)/b31-14-. The predicted octanol–water partition coefficient (Wildman–Crippen LogP) is 3.80. The van der Waals surface area contributed by atoms with E-state index in [0.29, 0.717) is 23.8 Å². The molecule has 5 rings (SSSR count). The summed E-state index contributed by atoms with van der Waals surface area (Å²) in [5, 5.41) is 2.95. The lowest BCUT2D eigenvalue weighted by molar-refractivity contribution is -0.138. The number of nitrogens with one attached hydrogen (secondary N) is 1. The molecule has 5 aromatic carbocycles. The van der Waals surface area contributed by atoms with Crippen LogP contribution in [0.25, 0.3) is 32.3 Å². The van der Waals surface area contributed by atoms with Gasteiger partial charge in [-0.3, -0.25) is 23.2 Å². The highest BCUT2D eigenvalue weighted by molar-refractivity contribution is 7.87. The Balaban J connectivity index is 1.48. The van der Waals surface area contributed by atoms with E-state index in [9.17, 15) is 48.5 Å². The van der Waals surface area contributed by atoms with Crippen molar-refractivity contribution in [1.29, 1.82) is 0 Å². The van der Waals surface area contributed by atoms with E-state index in [1.807, 2.05) is 6.92 Å². The molecule has 5 aromatic rings. The minimum absolute atomic E-state index is 0.0645. The summed E-state index contributed by atoms with van der Waals surface area (Å²) in [6.45, 7) is 2.88. The Bertz CT molecular complexity index is 2410. The van der Waals surface area contributed by atoms with E-state index in [1.165, 1.54) is 18.3 Å². The lowest BCUT2D eigenvalue weighted by Gasteiger charge is -2.18. The maximum absolute atomic E-state index is 12.6. The van der Waals surface area contributed by atoms with Gasteiger partial charge in [-0.05, 0) is 48.4 Å². The fourth-order valence-electron chi connectivity index (χ4n) is 4.99. The quantitative estimate of drug-likeness (QED) is 0.0380. The van der Waals surface area contributed by atoms with Crippen LogP contribution in [0.4, 0.5) is 0 Å². The highest BCUT2D eigenvalue weighted by Gasteiger charge is 2.28. The van der Waals surface area contributed by atoms with Gasteiger partial charge in [0.1, 0.15) is 26.2 Å². The van der Waals surface area contributed by atoms with Gasteiger partial charge in [-0.1, -0.05) is 32.0 Å². The normalized spacial score (nSPS) is 13.4. The van der Waals surface area contributed by atoms with Gasteiger partial charge >= 0.3 is 5.97 Å². The van der Waals surface area contributed by atoms with Crippen LogP contribution in [0, 0.1) is 5.92 Å². The van der Waals surface area contributed by atoms with Crippen molar-refractivity contribution in [2.24, 2.45) is 11.0 Å². The van der Waals surface area contributed by atoms with Crippen molar-refractivity contribution in [2.45, 2.75) is 35.0 Å². The van der Waals surface area contributed by atoms with Crippen molar-refractivity contribution in [2.75, 3.05) is 6.61 Å². The number of amides is 1. The Morgan fingerprint density at radius 2 is 1.25 bits per heavy atom. The van der Waals surface area contributed by atoms with Crippen molar-refractivity contribution < 1.29 is 58.0 Å². The summed E-state index contributed by atoms with van der Waals surface area (Å²) < 4.78 is 114. The molecule has 0 bridgehead atoms. The van der Waals surface area contributed by atoms with Crippen LogP contribution >= 0.6 is 0 Å². The largest absolute Gasteiger partial charge is 0.483 e. The topological polar surface area (TPSA) is 240 Å². The zero-order valence-corrected chi connectivity index (χ0v) is 27.4. The predicted molar refractivity (Wildman–Crippen MR) is 172 cm³/mol. The Morgan fingerprint density at radius 1 is 0.771 bits per heavy atom. The van der Waals surface area contributed by atoms with E-state index in [1.54, 1.807) is 31.2 Å². The molecule has 0 fully saturated rings. The number of carbonyl (C=O) groups is 2. The molecule has 0 aromatic heterocycles. The molecule has 0 aliphatic carbocycles. The summed E-state index contributed by atoms with van der Waals surface area (Å²) in [6, 6.07) is 12.5. The van der Waals surface area contributed by atoms with Crippen LogP contribution in [0.1, 0.15) is 25.8 Å². The molecular formula is C30H26N2O13S3. The zero-order chi connectivity index (χ0) is 35.2. The number of esters is 1. The van der Waals surface area contributed by atoms with Crippen molar-refractivity contribution in [3.63, 3.8) is 0 Å². The van der Waals surface area contributed by atoms with Gasteiger partial charge in [0.2, 0.25) is 0 Å². The molecule has 0 saturated carbocycles. The second-order valence-electron chi connectivity index (χ2n) is 10.6. The molecule has 15 nitrogen and oxygen atoms in total. The molecule has 252 valence electrons. The Hall–Kier alpha value is -4.72. The summed E-state index contributed by atoms with van der Waals surface area (Å²) in [5.41, 5.74) is 2.77. The van der Waals surface area contributed by atoms with Crippen LogP contribution in [0.5, 0.6) is 11.5 Å². The fourth-order valence-corrected chi connectivity index (χ4v) is 7.19. The smallest absolute Gasteiger partial charge is 0.314 e. The van der Waals surface area contributed by atoms with E-state index in [0.717, 1.165) is 18.2 Å². The van der Waals surface area contributed by atoms with Crippen LogP contribution < -0.4 is 14.9 Å². The van der Waals surface area contributed by atoms with Crippen LogP contribution in [0.3, 0.4) is 0 Å². The van der Waals surface area contributed by atoms with Crippen LogP contribution in [-0.2, 0) is 39.9 Å². The molecule has 0 spiro atoms. The van der Waals surface area contributed by atoms with E-state index in [4.69, 9.17) is 9.47 Å². The highest BCUT2D eigenvalue weighted by Crippen LogP contribution is 2.45. The van der Waals surface area contributed by atoms with Gasteiger partial charge in [0.25, 0.3) is 36.3 Å². The van der Waals surface area contributed by atoms with E-state index < -0.39 is 57.6 Å². The van der Waals surface area contributed by atoms with Crippen molar-refractivity contribution in [1.82, 2.24) is 5.43 Å². The molecule has 0 radical (unpaired) electrons. The highest BCUT2D eigenvalue weighted by atomic mass is 32.2. The first-order valence-electron chi connectivity index (χ1n) is 13.9. The van der Waals surface area contributed by atoms with Crippen LogP contribution in [0.15, 0.2) is 80.5 Å². The van der Waals surface area contributed by atoms with Gasteiger partial charge in [-0.2, -0.15) is 30.4 Å². The number of hydrogen-bond acceptors (Lipinski definition) is 11. The molecule has 0 aliphatic rings. The summed E-state index contributed by atoms with van der Waals surface area (Å²) in [6.07, 6.45) is 1.92. The first-order valence-corrected chi connectivity index (χ1v) is 18.2. The Morgan fingerprint density at radius 3 is 1.75 bits per heavy atom. The second-order valence-corrected chi connectivity index (χ2v) is 14.8. The third-order valence-electron chi connectivity index (χ3n) is 7.46. The average molecular weight is 719 g/mol. The molecule has 48 heavy (non-hydrogen) atoms. The van der Waals surface area contributed by atoms with Crippen molar-refractivity contribution in [3.8, 4) is 11.5 Å². The minimum atomic E-state index is -5.08. The maximum Gasteiger partial charge on any atom is 0.314 e. The third-order valence-corrected chi connectivity index (χ3v) is 10.1. The molecule has 1 atom stereocenters. The third kappa shape index (κ3) is 6.93. The van der Waals surface area contributed by atoms with Gasteiger partial charge in [0.15, 0.2) is 6.61 Å². The lowest BCUT2D eigenvalue weighted by Crippen LogP contribution is -2.24. The van der Waals surface area contributed by atoms with Gasteiger partial charge in [-0.15, -0.1) is 0 Å². The Kier molecular flexibility index (Phi) is 9.17. The molecule has 18 heteroatoms. The van der Waals surface area contributed by atoms with E-state index in [2.05, 4.69) is 10.5 Å². The first-order chi connectivity index (χ1) is 22.4. The molecule has 4 N–H and O–H groups in total. The number of carbonyl (C=O) groups excluding carboxylic acids is 2. The fraction of sp³-hybridized carbons (Fsp3) is 0.167. The summed E-state index contributed by atoms with van der Waals surface area (Å²) in [5.74, 6) is -1.38. The van der Waals surface area contributed by atoms with E-state index in [-0.39, 0.29) is 50.0 Å². The molecule has 0 saturated heterocycles. The van der Waals surface area contributed by atoms with Crippen molar-refractivity contribution >= 4 is 80.8 Å². The zero-order valence-electron chi connectivity index (χ0n) is 24.9. The van der Waals surface area contributed by atoms with Crippen molar-refractivity contribution in [3.05, 3.63) is 66.2 Å². The monoisotopic (exact) mass is 718 g/mol. The van der Waals surface area contributed by atoms with Gasteiger partial charge in [0, 0.05) is 38.4 Å². The number of ether oxygens (including phenoxy) is 2. The number of rotatable bonds is 11. The number of hydrazone groups is 1. The summed E-state index contributed by atoms with van der Waals surface area (Å²) >= 11 is 0. The van der Waals surface area contributed by atoms with Gasteiger partial charge in [0.05, 0.1) is 12.1 Å². The average Bonchev–Trinajstić information content (AvgIpc) is 3.01. The van der Waals surface area contributed by atoms with Gasteiger partial charge in [-0.25, -0.2) is 5.43 Å². The number of hydrogen-bond donors (Lipinski definition) is 4. The molecular weight excluding hydrogens is 693 g/mol. The lowest BCUT2D eigenvalue weighted by atomic mass is 9.93. The maximum atomic E-state index is 12.6. The second kappa shape index (κ2) is 12.7. The first kappa shape index (κ1) is 34.6. The van der Waals surface area contributed by atoms with E-state index >= 15 is 0 Å². The Labute approximate surface area is 273 Å². The minimum Gasteiger partial charge on any atom is -0.483 e. The summed E-state index contributed by atoms with van der Waals surface area (Å²) in [4.78, 5) is 22.0. The number of nitrogens with zero attached hydrogens (tertiary/aromatic N) is 1. The molecule has 0 aliphatic heterocycles. The molecule has 1 unspecified atom stereocenters. The SMILES string of the molecule is CCC(C)C(=O)Oc1ccc(/C=N\NC(=O)COc2cc(S(=O)(=O)O)c3ccc4c(S(=O)(=O)O)cc(S(=O)(=O)O)c5ccc2c3c54)cc1. The van der Waals surface area contributed by atoms with Gasteiger partial charge < -0.3 is 9.47 Å². The molecule has 0 heterocycles. The summed E-state index contributed by atoms with van der Waals surface area (Å²) in [7, 11) is -15.2. The molecule has 1 amide bonds. The van der Waals surface area contributed by atoms with Crippen LogP contribution in [0.2, 0.25) is 0 Å².